The molecular weight excluding hydrogens is 465 g/mol. The van der Waals surface area contributed by atoms with E-state index in [0.717, 1.165) is 6.07 Å². The van der Waals surface area contributed by atoms with Crippen LogP contribution in [0.1, 0.15) is 10.4 Å². The van der Waals surface area contributed by atoms with E-state index in [1.807, 2.05) is 0 Å². The number of rotatable bonds is 9. The van der Waals surface area contributed by atoms with Gasteiger partial charge in [0.05, 0.1) is 24.8 Å². The minimum atomic E-state index is -4.40. The van der Waals surface area contributed by atoms with Crippen molar-refractivity contribution in [2.75, 3.05) is 30.4 Å². The molecule has 0 saturated carbocycles. The zero-order valence-electron chi connectivity index (χ0n) is 18.3. The second kappa shape index (κ2) is 10.2. The Labute approximate surface area is 195 Å². The van der Waals surface area contributed by atoms with Crippen LogP contribution in [0.5, 0.6) is 11.5 Å². The lowest BCUT2D eigenvalue weighted by atomic mass is 10.2. The van der Waals surface area contributed by atoms with Gasteiger partial charge in [0, 0.05) is 17.3 Å². The van der Waals surface area contributed by atoms with E-state index in [2.05, 4.69) is 5.32 Å². The Balaban J connectivity index is 1.97. The zero-order chi connectivity index (χ0) is 24.9. The molecule has 3 aromatic carbocycles. The standard InChI is InChI=1S/C23H22FN3O6S/c1-32-20-12-11-17(13-21(20)33-2)34(30,31)27(19-6-4-3-5-18(19)24)14-22(28)26-16-9-7-15(8-10-16)23(25)29/h3-13H,14H2,1-2H3,(H2,25,29)(H,26,28). The third-order valence-corrected chi connectivity index (χ3v) is 6.56. The molecule has 0 aliphatic heterocycles. The molecule has 2 amide bonds. The van der Waals surface area contributed by atoms with E-state index in [1.54, 1.807) is 0 Å². The second-order valence-corrected chi connectivity index (χ2v) is 8.83. The van der Waals surface area contributed by atoms with E-state index in [1.165, 1.54) is 74.9 Å². The Hall–Kier alpha value is -4.12. The third kappa shape index (κ3) is 5.26. The first-order chi connectivity index (χ1) is 16.2. The number of amides is 2. The number of hydrogen-bond donors (Lipinski definition) is 2. The van der Waals surface area contributed by atoms with Crippen molar-refractivity contribution in [1.82, 2.24) is 0 Å². The zero-order valence-corrected chi connectivity index (χ0v) is 19.1. The summed E-state index contributed by atoms with van der Waals surface area (Å²) in [7, 11) is -1.66. The van der Waals surface area contributed by atoms with Crippen molar-refractivity contribution in [3.8, 4) is 11.5 Å². The van der Waals surface area contributed by atoms with Crippen molar-refractivity contribution < 1.29 is 31.9 Å². The molecule has 0 aliphatic rings. The van der Waals surface area contributed by atoms with E-state index < -0.39 is 34.2 Å². The lowest BCUT2D eigenvalue weighted by Gasteiger charge is -2.25. The molecule has 3 N–H and O–H groups in total. The lowest BCUT2D eigenvalue weighted by Crippen LogP contribution is -2.38. The number of nitrogens with one attached hydrogen (secondary N) is 1. The number of ether oxygens (including phenoxy) is 2. The first-order valence-corrected chi connectivity index (χ1v) is 11.3. The van der Waals surface area contributed by atoms with Crippen LogP contribution in [0.4, 0.5) is 15.8 Å². The van der Waals surface area contributed by atoms with Crippen LogP contribution in [-0.4, -0.2) is 41.0 Å². The van der Waals surface area contributed by atoms with E-state index >= 15 is 0 Å². The summed E-state index contributed by atoms with van der Waals surface area (Å²) in [5, 5.41) is 2.53. The maximum Gasteiger partial charge on any atom is 0.265 e. The summed E-state index contributed by atoms with van der Waals surface area (Å²) in [5.74, 6) is -1.75. The van der Waals surface area contributed by atoms with Gasteiger partial charge in [0.2, 0.25) is 11.8 Å². The summed E-state index contributed by atoms with van der Waals surface area (Å²) < 4.78 is 52.6. The number of carbonyl (C=O) groups excluding carboxylic acids is 2. The van der Waals surface area contributed by atoms with Crippen LogP contribution in [0, 0.1) is 5.82 Å². The van der Waals surface area contributed by atoms with Crippen LogP contribution in [-0.2, 0) is 14.8 Å². The first-order valence-electron chi connectivity index (χ1n) is 9.86. The molecule has 9 nitrogen and oxygen atoms in total. The number of nitrogens with two attached hydrogens (primary N) is 1. The van der Waals surface area contributed by atoms with Gasteiger partial charge in [0.25, 0.3) is 10.0 Å². The Morgan fingerprint density at radius 2 is 1.62 bits per heavy atom. The minimum Gasteiger partial charge on any atom is -0.493 e. The number of primary amides is 1. The van der Waals surface area contributed by atoms with Crippen molar-refractivity contribution in [3.05, 3.63) is 78.1 Å². The number of carbonyl (C=O) groups is 2. The molecule has 0 heterocycles. The van der Waals surface area contributed by atoms with Crippen LogP contribution < -0.4 is 24.8 Å². The molecule has 0 atom stereocenters. The highest BCUT2D eigenvalue weighted by molar-refractivity contribution is 7.92. The molecule has 3 rings (SSSR count). The number of anilines is 2. The molecule has 178 valence electrons. The topological polar surface area (TPSA) is 128 Å². The lowest BCUT2D eigenvalue weighted by molar-refractivity contribution is -0.114. The van der Waals surface area contributed by atoms with Gasteiger partial charge in [0.15, 0.2) is 11.5 Å². The normalized spacial score (nSPS) is 10.9. The van der Waals surface area contributed by atoms with Gasteiger partial charge in [0.1, 0.15) is 12.4 Å². The first kappa shape index (κ1) is 24.5. The summed E-state index contributed by atoms with van der Waals surface area (Å²) in [6, 6.07) is 14.8. The molecule has 0 radical (unpaired) electrons. The summed E-state index contributed by atoms with van der Waals surface area (Å²) in [6.07, 6.45) is 0. The van der Waals surface area contributed by atoms with Gasteiger partial charge in [-0.25, -0.2) is 12.8 Å². The van der Waals surface area contributed by atoms with E-state index in [4.69, 9.17) is 15.2 Å². The van der Waals surface area contributed by atoms with Gasteiger partial charge in [-0.2, -0.15) is 0 Å². The highest BCUT2D eigenvalue weighted by Gasteiger charge is 2.30. The predicted octanol–water partition coefficient (Wildman–Crippen LogP) is 2.78. The minimum absolute atomic E-state index is 0.149. The van der Waals surface area contributed by atoms with E-state index in [-0.39, 0.29) is 21.9 Å². The Morgan fingerprint density at radius 1 is 0.971 bits per heavy atom. The van der Waals surface area contributed by atoms with E-state index in [9.17, 15) is 22.4 Å². The molecular formula is C23H22FN3O6S. The van der Waals surface area contributed by atoms with Crippen molar-refractivity contribution in [1.29, 1.82) is 0 Å². The fourth-order valence-electron chi connectivity index (χ4n) is 3.11. The van der Waals surface area contributed by atoms with Gasteiger partial charge in [-0.1, -0.05) is 12.1 Å². The summed E-state index contributed by atoms with van der Waals surface area (Å²) in [4.78, 5) is 23.7. The molecule has 0 spiro atoms. The number of halogens is 1. The maximum absolute atomic E-state index is 14.6. The Morgan fingerprint density at radius 3 is 2.21 bits per heavy atom. The monoisotopic (exact) mass is 487 g/mol. The number of methoxy groups -OCH3 is 2. The Bertz CT molecular complexity index is 1310. The molecule has 0 aliphatic carbocycles. The second-order valence-electron chi connectivity index (χ2n) is 6.97. The highest BCUT2D eigenvalue weighted by Crippen LogP contribution is 2.32. The molecule has 0 bridgehead atoms. The number of sulfonamides is 1. The molecule has 0 unspecified atom stereocenters. The van der Waals surface area contributed by atoms with Crippen LogP contribution >= 0.6 is 0 Å². The average molecular weight is 488 g/mol. The summed E-state index contributed by atoms with van der Waals surface area (Å²) >= 11 is 0. The number of para-hydroxylation sites is 1. The van der Waals surface area contributed by atoms with Crippen molar-refractivity contribution in [3.63, 3.8) is 0 Å². The number of hydrogen-bond acceptors (Lipinski definition) is 6. The van der Waals surface area contributed by atoms with Gasteiger partial charge >= 0.3 is 0 Å². The van der Waals surface area contributed by atoms with Gasteiger partial charge in [-0.3, -0.25) is 13.9 Å². The fraction of sp³-hybridized carbons (Fsp3) is 0.130. The third-order valence-electron chi connectivity index (χ3n) is 4.80. The number of benzene rings is 3. The SMILES string of the molecule is COc1ccc(S(=O)(=O)N(CC(=O)Nc2ccc(C(N)=O)cc2)c2ccccc2F)cc1OC. The highest BCUT2D eigenvalue weighted by atomic mass is 32.2. The van der Waals surface area contributed by atoms with E-state index in [0.29, 0.717) is 15.7 Å². The van der Waals surface area contributed by atoms with Crippen LogP contribution in [0.2, 0.25) is 0 Å². The quantitative estimate of drug-likeness (QED) is 0.478. The van der Waals surface area contributed by atoms with Crippen molar-refractivity contribution >= 4 is 33.2 Å². The smallest absolute Gasteiger partial charge is 0.265 e. The van der Waals surface area contributed by atoms with Crippen molar-refractivity contribution in [2.24, 2.45) is 5.73 Å². The molecule has 0 aromatic heterocycles. The molecule has 11 heteroatoms. The molecule has 34 heavy (non-hydrogen) atoms. The summed E-state index contributed by atoms with van der Waals surface area (Å²) in [5.41, 5.74) is 5.43. The van der Waals surface area contributed by atoms with Gasteiger partial charge in [-0.05, 0) is 48.5 Å². The van der Waals surface area contributed by atoms with Crippen LogP contribution in [0.25, 0.3) is 0 Å². The summed E-state index contributed by atoms with van der Waals surface area (Å²) in [6.45, 7) is -0.727. The van der Waals surface area contributed by atoms with Gasteiger partial charge < -0.3 is 20.5 Å². The Kier molecular flexibility index (Phi) is 7.37. The van der Waals surface area contributed by atoms with Crippen LogP contribution in [0.3, 0.4) is 0 Å². The number of nitrogens with zero attached hydrogens (tertiary/aromatic N) is 1. The molecule has 0 saturated heterocycles. The van der Waals surface area contributed by atoms with Crippen LogP contribution in [0.15, 0.2) is 71.6 Å². The molecule has 0 fully saturated rings. The maximum atomic E-state index is 14.6. The largest absolute Gasteiger partial charge is 0.493 e. The molecule has 3 aromatic rings. The predicted molar refractivity (Wildman–Crippen MR) is 124 cm³/mol. The van der Waals surface area contributed by atoms with Gasteiger partial charge in [-0.15, -0.1) is 0 Å². The fourth-order valence-corrected chi connectivity index (χ4v) is 4.55. The average Bonchev–Trinajstić information content (AvgIpc) is 2.82. The van der Waals surface area contributed by atoms with Crippen molar-refractivity contribution in [2.45, 2.75) is 4.90 Å².